The number of ether oxygens (including phenoxy) is 2. The second-order valence-electron chi connectivity index (χ2n) is 8.24. The summed E-state index contributed by atoms with van der Waals surface area (Å²) < 4.78 is 12.3. The summed E-state index contributed by atoms with van der Waals surface area (Å²) >= 11 is 0. The zero-order valence-corrected chi connectivity index (χ0v) is 15.7. The van der Waals surface area contributed by atoms with Gasteiger partial charge in [-0.05, 0) is 17.4 Å². The number of fused-ring (bicyclic) bond motifs is 1. The highest BCUT2D eigenvalue weighted by Gasteiger charge is 2.59. The molecule has 1 heterocycles. The summed E-state index contributed by atoms with van der Waals surface area (Å²) in [5.41, 5.74) is 1.70. The summed E-state index contributed by atoms with van der Waals surface area (Å²) in [5.74, 6) is -0.273. The number of rotatable bonds is 2. The van der Waals surface area contributed by atoms with Crippen LogP contribution in [0.4, 0.5) is 0 Å². The Morgan fingerprint density at radius 2 is 1.77 bits per heavy atom. The lowest BCUT2D eigenvalue weighted by atomic mass is 9.63. The van der Waals surface area contributed by atoms with Crippen LogP contribution in [-0.4, -0.2) is 24.5 Å². The highest BCUT2D eigenvalue weighted by molar-refractivity contribution is 6.00. The maximum atomic E-state index is 13.1. The molecule has 0 bridgehead atoms. The Labute approximate surface area is 154 Å². The van der Waals surface area contributed by atoms with Gasteiger partial charge >= 0.3 is 0 Å². The van der Waals surface area contributed by atoms with Crippen LogP contribution in [0.1, 0.15) is 51.0 Å². The topological polar surface area (TPSA) is 52.6 Å². The Bertz CT molecular complexity index is 766. The minimum atomic E-state index is -0.967. The van der Waals surface area contributed by atoms with Gasteiger partial charge in [-0.2, -0.15) is 0 Å². The van der Waals surface area contributed by atoms with E-state index in [1.165, 1.54) is 0 Å². The third-order valence-corrected chi connectivity index (χ3v) is 6.12. The molecule has 1 saturated carbocycles. The normalized spacial score (nSPS) is 37.0. The van der Waals surface area contributed by atoms with Crippen molar-refractivity contribution in [1.29, 1.82) is 0 Å². The minimum absolute atomic E-state index is 0.115. The Morgan fingerprint density at radius 3 is 2.46 bits per heavy atom. The van der Waals surface area contributed by atoms with Gasteiger partial charge in [-0.25, -0.2) is 0 Å². The monoisotopic (exact) mass is 354 g/mol. The average molecular weight is 354 g/mol. The fourth-order valence-electron chi connectivity index (χ4n) is 5.12. The Balaban J connectivity index is 1.93. The fraction of sp³-hybridized carbons (Fsp3) is 0.545. The summed E-state index contributed by atoms with van der Waals surface area (Å²) in [7, 11) is 1.63. The molecule has 4 rings (SSSR count). The van der Waals surface area contributed by atoms with Crippen LogP contribution in [0.2, 0.25) is 0 Å². The number of Topliss-reactive ketones (excluding diaryl/α,β-unsaturated/α-hetero) is 2. The van der Waals surface area contributed by atoms with E-state index in [1.807, 2.05) is 30.3 Å². The molecule has 5 unspecified atom stereocenters. The number of hydrogen-bond donors (Lipinski definition) is 0. The molecular weight excluding hydrogens is 328 g/mol. The van der Waals surface area contributed by atoms with Gasteiger partial charge in [0.15, 0.2) is 5.78 Å². The van der Waals surface area contributed by atoms with Crippen molar-refractivity contribution in [3.63, 3.8) is 0 Å². The van der Waals surface area contributed by atoms with Crippen molar-refractivity contribution in [2.75, 3.05) is 7.11 Å². The molecule has 0 N–H and O–H groups in total. The molecule has 2 aliphatic carbocycles. The predicted octanol–water partition coefficient (Wildman–Crippen LogP) is 4.01. The lowest BCUT2D eigenvalue weighted by molar-refractivity contribution is -0.259. The molecule has 1 aliphatic heterocycles. The van der Waals surface area contributed by atoms with Crippen molar-refractivity contribution < 1.29 is 19.1 Å². The first kappa shape index (κ1) is 17.5. The molecule has 4 nitrogen and oxygen atoms in total. The van der Waals surface area contributed by atoms with Crippen molar-refractivity contribution in [3.8, 4) is 0 Å². The maximum absolute atomic E-state index is 13.1. The molecule has 4 heteroatoms. The van der Waals surface area contributed by atoms with E-state index in [-0.39, 0.29) is 29.3 Å². The SMILES string of the molecule is COC12CC(C)CC(=O)C1C(c1ccccc1)C1=C(CC(C)CC1=O)O2. The smallest absolute Gasteiger partial charge is 0.220 e. The first-order chi connectivity index (χ1) is 12.4. The standard InChI is InChI=1S/C22H26O4/c1-13-9-16(23)20-18(11-13)26-22(25-3)12-14(2)10-17(24)21(22)19(20)15-7-5-4-6-8-15/h4-8,13-14,19,21H,9-12H2,1-3H3. The molecule has 26 heavy (non-hydrogen) atoms. The number of benzene rings is 1. The zero-order chi connectivity index (χ0) is 18.5. The fourth-order valence-corrected chi connectivity index (χ4v) is 5.12. The van der Waals surface area contributed by atoms with Gasteiger partial charge in [0.25, 0.3) is 0 Å². The Morgan fingerprint density at radius 1 is 1.04 bits per heavy atom. The van der Waals surface area contributed by atoms with E-state index in [0.717, 1.165) is 17.7 Å². The van der Waals surface area contributed by atoms with Gasteiger partial charge in [0.05, 0.1) is 5.92 Å². The van der Waals surface area contributed by atoms with Crippen molar-refractivity contribution in [2.24, 2.45) is 17.8 Å². The van der Waals surface area contributed by atoms with Gasteiger partial charge in [0, 0.05) is 44.3 Å². The van der Waals surface area contributed by atoms with E-state index in [1.54, 1.807) is 7.11 Å². The maximum Gasteiger partial charge on any atom is 0.220 e. The van der Waals surface area contributed by atoms with Crippen LogP contribution >= 0.6 is 0 Å². The second kappa shape index (κ2) is 6.34. The number of carbonyl (C=O) groups excluding carboxylic acids is 2. The molecule has 3 aliphatic rings. The molecule has 0 spiro atoms. The van der Waals surface area contributed by atoms with E-state index < -0.39 is 11.7 Å². The van der Waals surface area contributed by atoms with Crippen LogP contribution in [0.25, 0.3) is 0 Å². The largest absolute Gasteiger partial charge is 0.465 e. The molecule has 1 fully saturated rings. The van der Waals surface area contributed by atoms with Crippen LogP contribution in [-0.2, 0) is 19.1 Å². The first-order valence-electron chi connectivity index (χ1n) is 9.53. The van der Waals surface area contributed by atoms with Crippen molar-refractivity contribution >= 4 is 11.6 Å². The third kappa shape index (κ3) is 2.62. The van der Waals surface area contributed by atoms with Crippen LogP contribution in [0.5, 0.6) is 0 Å². The quantitative estimate of drug-likeness (QED) is 0.805. The molecule has 1 aromatic carbocycles. The van der Waals surface area contributed by atoms with Gasteiger partial charge < -0.3 is 9.47 Å². The van der Waals surface area contributed by atoms with Crippen LogP contribution in [0.15, 0.2) is 41.7 Å². The predicted molar refractivity (Wildman–Crippen MR) is 97.3 cm³/mol. The molecule has 138 valence electrons. The molecule has 0 aromatic heterocycles. The zero-order valence-electron chi connectivity index (χ0n) is 15.7. The lowest BCUT2D eigenvalue weighted by Crippen LogP contribution is -2.57. The summed E-state index contributed by atoms with van der Waals surface area (Å²) in [6.07, 6.45) is 2.42. The van der Waals surface area contributed by atoms with Gasteiger partial charge in [-0.15, -0.1) is 0 Å². The van der Waals surface area contributed by atoms with E-state index in [9.17, 15) is 9.59 Å². The number of ketones is 2. The van der Waals surface area contributed by atoms with E-state index in [4.69, 9.17) is 9.47 Å². The van der Waals surface area contributed by atoms with Crippen LogP contribution in [0.3, 0.4) is 0 Å². The summed E-state index contributed by atoms with van der Waals surface area (Å²) in [4.78, 5) is 26.1. The third-order valence-electron chi connectivity index (χ3n) is 6.12. The molecule has 5 atom stereocenters. The van der Waals surface area contributed by atoms with Crippen molar-refractivity contribution in [2.45, 2.75) is 51.2 Å². The molecule has 0 radical (unpaired) electrons. The highest BCUT2D eigenvalue weighted by atomic mass is 16.7. The average Bonchev–Trinajstić information content (AvgIpc) is 2.60. The van der Waals surface area contributed by atoms with Gasteiger partial charge in [0.2, 0.25) is 5.79 Å². The van der Waals surface area contributed by atoms with Crippen LogP contribution in [0, 0.1) is 17.8 Å². The summed E-state index contributed by atoms with van der Waals surface area (Å²) in [5, 5.41) is 0. The van der Waals surface area contributed by atoms with Crippen LogP contribution < -0.4 is 0 Å². The van der Waals surface area contributed by atoms with E-state index in [2.05, 4.69) is 13.8 Å². The summed E-state index contributed by atoms with van der Waals surface area (Å²) in [6, 6.07) is 9.91. The highest BCUT2D eigenvalue weighted by Crippen LogP contribution is 2.55. The van der Waals surface area contributed by atoms with E-state index >= 15 is 0 Å². The molecule has 1 aromatic rings. The number of methoxy groups -OCH3 is 1. The number of carbonyl (C=O) groups is 2. The van der Waals surface area contributed by atoms with Gasteiger partial charge in [-0.3, -0.25) is 9.59 Å². The second-order valence-corrected chi connectivity index (χ2v) is 8.24. The van der Waals surface area contributed by atoms with Gasteiger partial charge in [-0.1, -0.05) is 44.2 Å². The Kier molecular flexibility index (Phi) is 4.26. The first-order valence-corrected chi connectivity index (χ1v) is 9.53. The Hall–Kier alpha value is -1.94. The minimum Gasteiger partial charge on any atom is -0.465 e. The number of hydrogen-bond acceptors (Lipinski definition) is 4. The molecular formula is C22H26O4. The van der Waals surface area contributed by atoms with Gasteiger partial charge in [0.1, 0.15) is 11.5 Å². The lowest BCUT2D eigenvalue weighted by Gasteiger charge is -2.52. The van der Waals surface area contributed by atoms with E-state index in [0.29, 0.717) is 24.8 Å². The van der Waals surface area contributed by atoms with Crippen molar-refractivity contribution in [1.82, 2.24) is 0 Å². The molecule has 0 saturated heterocycles. The van der Waals surface area contributed by atoms with Crippen molar-refractivity contribution in [3.05, 3.63) is 47.2 Å². The molecule has 0 amide bonds. The number of allylic oxidation sites excluding steroid dienone is 2. The summed E-state index contributed by atoms with van der Waals surface area (Å²) in [6.45, 7) is 4.14.